The van der Waals surface area contributed by atoms with Gasteiger partial charge in [-0.25, -0.2) is 17.5 Å². The molecule has 0 bridgehead atoms. The Hall–Kier alpha value is -1.55. The van der Waals surface area contributed by atoms with Gasteiger partial charge in [0.2, 0.25) is 15.9 Å². The lowest BCUT2D eigenvalue weighted by Gasteiger charge is -2.36. The predicted octanol–water partition coefficient (Wildman–Crippen LogP) is 0.929. The molecule has 1 heterocycles. The number of carbonyl (C=O) groups is 1. The van der Waals surface area contributed by atoms with Crippen LogP contribution in [0.15, 0.2) is 29.2 Å². The fourth-order valence-corrected chi connectivity index (χ4v) is 4.56. The molecule has 1 aromatic rings. The Morgan fingerprint density at radius 1 is 1.26 bits per heavy atom. The normalized spacial score (nSPS) is 25.9. The van der Waals surface area contributed by atoms with Crippen molar-refractivity contribution in [2.24, 2.45) is 5.92 Å². The lowest BCUT2D eigenvalue weighted by Crippen LogP contribution is -2.51. The SMILES string of the molecule is O=C(NCC[C@@H]1CC[C@H](NS(=O)(=O)c2cccc(F)c2)[C@@H](CO)O1)C1CC1. The summed E-state index contributed by atoms with van der Waals surface area (Å²) in [6, 6.07) is 4.17. The van der Waals surface area contributed by atoms with E-state index in [1.807, 2.05) is 0 Å². The summed E-state index contributed by atoms with van der Waals surface area (Å²) in [5.74, 6) is -0.404. The Morgan fingerprint density at radius 2 is 2.04 bits per heavy atom. The second-order valence-electron chi connectivity index (χ2n) is 7.10. The number of carbonyl (C=O) groups excluding carboxylic acids is 1. The second kappa shape index (κ2) is 8.64. The van der Waals surface area contributed by atoms with Gasteiger partial charge in [-0.1, -0.05) is 6.07 Å². The fraction of sp³-hybridized carbons (Fsp3) is 0.611. The molecule has 3 N–H and O–H groups in total. The van der Waals surface area contributed by atoms with Crippen molar-refractivity contribution in [1.82, 2.24) is 10.0 Å². The molecule has 7 nitrogen and oxygen atoms in total. The average Bonchev–Trinajstić information content (AvgIpc) is 3.48. The van der Waals surface area contributed by atoms with Crippen molar-refractivity contribution in [3.8, 4) is 0 Å². The van der Waals surface area contributed by atoms with E-state index in [0.717, 1.165) is 18.9 Å². The summed E-state index contributed by atoms with van der Waals surface area (Å²) in [6.45, 7) is 0.166. The first kappa shape index (κ1) is 20.2. The minimum atomic E-state index is -3.91. The molecular formula is C18H25FN2O5S. The molecule has 1 amide bonds. The first-order valence-corrected chi connectivity index (χ1v) is 10.7. The fourth-order valence-electron chi connectivity index (χ4n) is 3.23. The second-order valence-corrected chi connectivity index (χ2v) is 8.81. The first-order chi connectivity index (χ1) is 12.9. The van der Waals surface area contributed by atoms with Crippen LogP contribution in [-0.4, -0.2) is 50.8 Å². The van der Waals surface area contributed by atoms with Crippen LogP contribution in [0.3, 0.4) is 0 Å². The number of halogens is 1. The van der Waals surface area contributed by atoms with Gasteiger partial charge >= 0.3 is 0 Å². The van der Waals surface area contributed by atoms with Gasteiger partial charge < -0.3 is 15.2 Å². The van der Waals surface area contributed by atoms with Crippen molar-refractivity contribution < 1.29 is 27.4 Å². The van der Waals surface area contributed by atoms with Crippen LogP contribution in [-0.2, 0) is 19.6 Å². The van der Waals surface area contributed by atoms with Gasteiger partial charge in [-0.15, -0.1) is 0 Å². The summed E-state index contributed by atoms with van der Waals surface area (Å²) in [5, 5.41) is 12.5. The largest absolute Gasteiger partial charge is 0.394 e. The number of rotatable bonds is 8. The van der Waals surface area contributed by atoms with Crippen molar-refractivity contribution in [2.75, 3.05) is 13.2 Å². The van der Waals surface area contributed by atoms with Crippen LogP contribution in [0.2, 0.25) is 0 Å². The number of aliphatic hydroxyl groups excluding tert-OH is 1. The van der Waals surface area contributed by atoms with Crippen molar-refractivity contribution in [3.63, 3.8) is 0 Å². The lowest BCUT2D eigenvalue weighted by atomic mass is 9.98. The van der Waals surface area contributed by atoms with E-state index in [2.05, 4.69) is 10.0 Å². The van der Waals surface area contributed by atoms with E-state index in [1.165, 1.54) is 18.2 Å². The Balaban J connectivity index is 1.52. The number of amides is 1. The highest BCUT2D eigenvalue weighted by Crippen LogP contribution is 2.29. The maximum absolute atomic E-state index is 13.3. The van der Waals surface area contributed by atoms with E-state index < -0.39 is 28.0 Å². The molecule has 0 spiro atoms. The number of benzene rings is 1. The molecule has 0 radical (unpaired) electrons. The van der Waals surface area contributed by atoms with Crippen molar-refractivity contribution in [3.05, 3.63) is 30.1 Å². The Morgan fingerprint density at radius 3 is 2.70 bits per heavy atom. The van der Waals surface area contributed by atoms with Gasteiger partial charge in [-0.05, 0) is 50.3 Å². The molecule has 1 saturated heterocycles. The zero-order valence-electron chi connectivity index (χ0n) is 14.9. The monoisotopic (exact) mass is 400 g/mol. The lowest BCUT2D eigenvalue weighted by molar-refractivity contribution is -0.122. The Bertz CT molecular complexity index is 769. The van der Waals surface area contributed by atoms with Crippen molar-refractivity contribution in [1.29, 1.82) is 0 Å². The van der Waals surface area contributed by atoms with Gasteiger partial charge in [0.15, 0.2) is 0 Å². The molecule has 3 rings (SSSR count). The molecule has 1 aliphatic heterocycles. The average molecular weight is 400 g/mol. The van der Waals surface area contributed by atoms with Gasteiger partial charge in [-0.2, -0.15) is 0 Å². The molecule has 1 saturated carbocycles. The minimum Gasteiger partial charge on any atom is -0.394 e. The summed E-state index contributed by atoms with van der Waals surface area (Å²) in [4.78, 5) is 11.5. The molecule has 0 aromatic heterocycles. The first-order valence-electron chi connectivity index (χ1n) is 9.21. The molecule has 9 heteroatoms. The standard InChI is InChI=1S/C18H25FN2O5S/c19-13-2-1-3-15(10-13)27(24,25)21-16-7-6-14(26-17(16)11-22)8-9-20-18(23)12-4-5-12/h1-3,10,12,14,16-17,21-22H,4-9,11H2,(H,20,23)/t14-,16-,17+/m0/s1. The van der Waals surface area contributed by atoms with Crippen LogP contribution in [0.4, 0.5) is 4.39 Å². The van der Waals surface area contributed by atoms with Gasteiger partial charge in [-0.3, -0.25) is 4.79 Å². The highest BCUT2D eigenvalue weighted by atomic mass is 32.2. The highest BCUT2D eigenvalue weighted by Gasteiger charge is 2.34. The van der Waals surface area contributed by atoms with Gasteiger partial charge in [0, 0.05) is 12.5 Å². The molecule has 1 aliphatic carbocycles. The molecule has 27 heavy (non-hydrogen) atoms. The maximum atomic E-state index is 13.3. The number of aliphatic hydroxyl groups is 1. The van der Waals surface area contributed by atoms with Gasteiger partial charge in [0.25, 0.3) is 0 Å². The van der Waals surface area contributed by atoms with Crippen molar-refractivity contribution in [2.45, 2.75) is 55.2 Å². The van der Waals surface area contributed by atoms with E-state index in [-0.39, 0.29) is 29.4 Å². The maximum Gasteiger partial charge on any atom is 0.241 e. The van der Waals surface area contributed by atoms with Crippen LogP contribution in [0.5, 0.6) is 0 Å². The van der Waals surface area contributed by atoms with Crippen LogP contribution in [0.25, 0.3) is 0 Å². The van der Waals surface area contributed by atoms with Crippen LogP contribution in [0, 0.1) is 11.7 Å². The third-order valence-electron chi connectivity index (χ3n) is 4.92. The number of sulfonamides is 1. The molecule has 1 aromatic carbocycles. The quantitative estimate of drug-likeness (QED) is 0.602. The smallest absolute Gasteiger partial charge is 0.241 e. The third-order valence-corrected chi connectivity index (χ3v) is 6.41. The summed E-state index contributed by atoms with van der Waals surface area (Å²) in [7, 11) is -3.91. The van der Waals surface area contributed by atoms with E-state index in [0.29, 0.717) is 25.8 Å². The van der Waals surface area contributed by atoms with E-state index in [9.17, 15) is 22.7 Å². The number of ether oxygens (including phenoxy) is 1. The molecule has 2 fully saturated rings. The minimum absolute atomic E-state index is 0.0743. The van der Waals surface area contributed by atoms with Crippen molar-refractivity contribution >= 4 is 15.9 Å². The molecular weight excluding hydrogens is 375 g/mol. The number of nitrogens with one attached hydrogen (secondary N) is 2. The topological polar surface area (TPSA) is 105 Å². The van der Waals surface area contributed by atoms with Crippen LogP contribution in [0.1, 0.15) is 32.1 Å². The zero-order chi connectivity index (χ0) is 19.4. The van der Waals surface area contributed by atoms with Crippen LogP contribution >= 0.6 is 0 Å². The van der Waals surface area contributed by atoms with E-state index in [4.69, 9.17) is 4.74 Å². The summed E-state index contributed by atoms with van der Waals surface area (Å²) in [5.41, 5.74) is 0. The summed E-state index contributed by atoms with van der Waals surface area (Å²) < 4.78 is 46.5. The number of hydrogen-bond donors (Lipinski definition) is 3. The van der Waals surface area contributed by atoms with Gasteiger partial charge in [0.1, 0.15) is 5.82 Å². The number of hydrogen-bond acceptors (Lipinski definition) is 5. The predicted molar refractivity (Wildman–Crippen MR) is 95.8 cm³/mol. The third kappa shape index (κ3) is 5.47. The van der Waals surface area contributed by atoms with E-state index >= 15 is 0 Å². The highest BCUT2D eigenvalue weighted by molar-refractivity contribution is 7.89. The molecule has 150 valence electrons. The van der Waals surface area contributed by atoms with Gasteiger partial charge in [0.05, 0.1) is 29.8 Å². The molecule has 3 atom stereocenters. The summed E-state index contributed by atoms with van der Waals surface area (Å²) in [6.07, 6.45) is 2.76. The Kier molecular flexibility index (Phi) is 6.46. The Labute approximate surface area is 158 Å². The zero-order valence-corrected chi connectivity index (χ0v) is 15.8. The summed E-state index contributed by atoms with van der Waals surface area (Å²) >= 11 is 0. The van der Waals surface area contributed by atoms with Crippen LogP contribution < -0.4 is 10.0 Å². The van der Waals surface area contributed by atoms with E-state index in [1.54, 1.807) is 0 Å². The molecule has 0 unspecified atom stereocenters. The molecule has 2 aliphatic rings.